The predicted octanol–water partition coefficient (Wildman–Crippen LogP) is 5.04. The molecule has 2 atom stereocenters. The van der Waals surface area contributed by atoms with Gasteiger partial charge in [-0.3, -0.25) is 0 Å². The van der Waals surface area contributed by atoms with Gasteiger partial charge in [0.15, 0.2) is 0 Å². The molecule has 0 saturated heterocycles. The van der Waals surface area contributed by atoms with Gasteiger partial charge < -0.3 is 0 Å². The Hall–Kier alpha value is -0.210. The minimum Gasteiger partial charge on any atom is -0.171 e. The third-order valence-corrected chi connectivity index (χ3v) is 4.38. The Morgan fingerprint density at radius 2 is 1.75 bits per heavy atom. The molecule has 1 aliphatic carbocycles. The van der Waals surface area contributed by atoms with Crippen LogP contribution in [0.25, 0.3) is 0 Å². The highest BCUT2D eigenvalue weighted by Gasteiger charge is 2.51. The van der Waals surface area contributed by atoms with Crippen molar-refractivity contribution in [3.8, 4) is 0 Å². The van der Waals surface area contributed by atoms with Crippen LogP contribution in [-0.4, -0.2) is 6.18 Å². The molecule has 0 aromatic heterocycles. The monoisotopic (exact) mass is 236 g/mol. The molecular weight excluding hydrogens is 213 g/mol. The SMILES string of the molecule is CC(C)C1CCCC1(CC(F)(F)F)C(C)C. The molecule has 0 bridgehead atoms. The molecule has 3 heteroatoms. The third kappa shape index (κ3) is 2.72. The van der Waals surface area contributed by atoms with Crippen LogP contribution in [0.15, 0.2) is 0 Å². The van der Waals surface area contributed by atoms with E-state index >= 15 is 0 Å². The van der Waals surface area contributed by atoms with E-state index in [2.05, 4.69) is 13.8 Å². The van der Waals surface area contributed by atoms with Crippen LogP contribution in [0.3, 0.4) is 0 Å². The largest absolute Gasteiger partial charge is 0.389 e. The van der Waals surface area contributed by atoms with Crippen molar-refractivity contribution < 1.29 is 13.2 Å². The highest BCUT2D eigenvalue weighted by molar-refractivity contribution is 4.96. The molecule has 1 aliphatic rings. The first-order valence-corrected chi connectivity index (χ1v) is 6.26. The van der Waals surface area contributed by atoms with Crippen LogP contribution in [0.5, 0.6) is 0 Å². The number of halogens is 3. The molecule has 0 nitrogen and oxygen atoms in total. The number of hydrogen-bond acceptors (Lipinski definition) is 0. The van der Waals surface area contributed by atoms with Gasteiger partial charge in [0.2, 0.25) is 0 Å². The zero-order chi connectivity index (χ0) is 12.6. The van der Waals surface area contributed by atoms with E-state index < -0.39 is 18.0 Å². The van der Waals surface area contributed by atoms with Crippen LogP contribution < -0.4 is 0 Å². The molecule has 1 saturated carbocycles. The first-order valence-electron chi connectivity index (χ1n) is 6.26. The minimum absolute atomic E-state index is 0.115. The summed E-state index contributed by atoms with van der Waals surface area (Å²) in [5, 5.41) is 0. The fourth-order valence-corrected chi connectivity index (χ4v) is 3.63. The van der Waals surface area contributed by atoms with Gasteiger partial charge in [-0.1, -0.05) is 34.1 Å². The lowest BCUT2D eigenvalue weighted by molar-refractivity contribution is -0.173. The van der Waals surface area contributed by atoms with Gasteiger partial charge in [0.25, 0.3) is 0 Å². The van der Waals surface area contributed by atoms with Gasteiger partial charge in [0, 0.05) is 6.42 Å². The maximum absolute atomic E-state index is 12.7. The average molecular weight is 236 g/mol. The Kier molecular flexibility index (Phi) is 3.96. The molecule has 1 rings (SSSR count). The standard InChI is InChI=1S/C13H23F3/c1-9(2)11-6-5-7-12(11,10(3)4)8-13(14,15)16/h9-11H,5-8H2,1-4H3. The molecule has 0 heterocycles. The summed E-state index contributed by atoms with van der Waals surface area (Å²) in [5.74, 6) is 0.699. The van der Waals surface area contributed by atoms with Crippen LogP contribution in [-0.2, 0) is 0 Å². The van der Waals surface area contributed by atoms with Crippen LogP contribution in [0.1, 0.15) is 53.4 Å². The Labute approximate surface area is 96.6 Å². The first kappa shape index (κ1) is 13.9. The van der Waals surface area contributed by atoms with Crippen molar-refractivity contribution in [2.45, 2.75) is 59.6 Å². The number of rotatable bonds is 3. The molecule has 0 aromatic rings. The maximum Gasteiger partial charge on any atom is 0.389 e. The van der Waals surface area contributed by atoms with Crippen molar-refractivity contribution in [3.63, 3.8) is 0 Å². The molecule has 0 aliphatic heterocycles. The van der Waals surface area contributed by atoms with Crippen molar-refractivity contribution >= 4 is 0 Å². The van der Waals surface area contributed by atoms with Crippen LogP contribution in [0.4, 0.5) is 13.2 Å². The summed E-state index contributed by atoms with van der Waals surface area (Å²) in [6, 6.07) is 0. The van der Waals surface area contributed by atoms with Gasteiger partial charge in [-0.15, -0.1) is 0 Å². The second-order valence-corrected chi connectivity index (χ2v) is 5.92. The Morgan fingerprint density at radius 3 is 2.12 bits per heavy atom. The lowest BCUT2D eigenvalue weighted by Gasteiger charge is -2.42. The third-order valence-electron chi connectivity index (χ3n) is 4.38. The van der Waals surface area contributed by atoms with E-state index in [0.29, 0.717) is 5.92 Å². The van der Waals surface area contributed by atoms with Gasteiger partial charge in [-0.25, -0.2) is 0 Å². The maximum atomic E-state index is 12.7. The van der Waals surface area contributed by atoms with Crippen molar-refractivity contribution in [1.29, 1.82) is 0 Å². The van der Waals surface area contributed by atoms with Crippen molar-refractivity contribution in [2.24, 2.45) is 23.2 Å². The van der Waals surface area contributed by atoms with E-state index in [1.54, 1.807) is 0 Å². The number of hydrogen-bond donors (Lipinski definition) is 0. The van der Waals surface area contributed by atoms with Gasteiger partial charge in [-0.2, -0.15) is 13.2 Å². The Bertz CT molecular complexity index is 230. The van der Waals surface area contributed by atoms with Crippen LogP contribution in [0.2, 0.25) is 0 Å². The molecular formula is C13H23F3. The molecule has 0 N–H and O–H groups in total. The molecule has 0 spiro atoms. The zero-order valence-electron chi connectivity index (χ0n) is 10.7. The zero-order valence-corrected chi connectivity index (χ0v) is 10.7. The van der Waals surface area contributed by atoms with E-state index in [4.69, 9.17) is 0 Å². The second kappa shape index (κ2) is 4.58. The van der Waals surface area contributed by atoms with Gasteiger partial charge >= 0.3 is 6.18 Å². The van der Waals surface area contributed by atoms with Crippen LogP contribution >= 0.6 is 0 Å². The van der Waals surface area contributed by atoms with Crippen molar-refractivity contribution in [3.05, 3.63) is 0 Å². The lowest BCUT2D eigenvalue weighted by Crippen LogP contribution is -2.38. The highest BCUT2D eigenvalue weighted by Crippen LogP contribution is 2.56. The highest BCUT2D eigenvalue weighted by atomic mass is 19.4. The molecule has 0 radical (unpaired) electrons. The van der Waals surface area contributed by atoms with Crippen molar-refractivity contribution in [1.82, 2.24) is 0 Å². The van der Waals surface area contributed by atoms with Gasteiger partial charge in [0.05, 0.1) is 0 Å². The molecule has 1 fully saturated rings. The summed E-state index contributed by atoms with van der Waals surface area (Å²) in [5.41, 5.74) is -0.508. The van der Waals surface area contributed by atoms with Crippen LogP contribution in [0, 0.1) is 23.2 Å². The molecule has 16 heavy (non-hydrogen) atoms. The second-order valence-electron chi connectivity index (χ2n) is 5.92. The minimum atomic E-state index is -4.03. The Balaban J connectivity index is 2.96. The quantitative estimate of drug-likeness (QED) is 0.644. The summed E-state index contributed by atoms with van der Waals surface area (Å²) < 4.78 is 38.2. The molecule has 0 aromatic carbocycles. The van der Waals surface area contributed by atoms with E-state index in [9.17, 15) is 13.2 Å². The fraction of sp³-hybridized carbons (Fsp3) is 1.00. The van der Waals surface area contributed by atoms with Gasteiger partial charge in [-0.05, 0) is 36.0 Å². The average Bonchev–Trinajstić information content (AvgIpc) is 2.45. The Morgan fingerprint density at radius 1 is 1.19 bits per heavy atom. The van der Waals surface area contributed by atoms with E-state index in [0.717, 1.165) is 19.3 Å². The van der Waals surface area contributed by atoms with Crippen molar-refractivity contribution in [2.75, 3.05) is 0 Å². The topological polar surface area (TPSA) is 0 Å². The number of alkyl halides is 3. The van der Waals surface area contributed by atoms with E-state index in [1.165, 1.54) is 0 Å². The first-order chi connectivity index (χ1) is 7.19. The smallest absolute Gasteiger partial charge is 0.171 e. The van der Waals surface area contributed by atoms with E-state index in [1.807, 2.05) is 13.8 Å². The molecule has 2 unspecified atom stereocenters. The molecule has 0 amide bonds. The summed E-state index contributed by atoms with van der Waals surface area (Å²) in [6.07, 6.45) is -1.96. The molecule has 96 valence electrons. The van der Waals surface area contributed by atoms with E-state index in [-0.39, 0.29) is 11.8 Å². The normalized spacial score (nSPS) is 31.7. The fourth-order valence-electron chi connectivity index (χ4n) is 3.63. The summed E-state index contributed by atoms with van der Waals surface area (Å²) in [7, 11) is 0. The lowest BCUT2D eigenvalue weighted by atomic mass is 9.64. The summed E-state index contributed by atoms with van der Waals surface area (Å²) in [4.78, 5) is 0. The van der Waals surface area contributed by atoms with Gasteiger partial charge in [0.1, 0.15) is 0 Å². The summed E-state index contributed by atoms with van der Waals surface area (Å²) in [6.45, 7) is 8.02. The summed E-state index contributed by atoms with van der Waals surface area (Å²) >= 11 is 0. The predicted molar refractivity (Wildman–Crippen MR) is 60.1 cm³/mol.